The van der Waals surface area contributed by atoms with Gasteiger partial charge in [-0.2, -0.15) is 0 Å². The Kier molecular flexibility index (Phi) is 4.39. The molecule has 0 amide bonds. The number of nitrogens with two attached hydrogens (primary N) is 1. The van der Waals surface area contributed by atoms with Crippen molar-refractivity contribution < 1.29 is 19.4 Å². The summed E-state index contributed by atoms with van der Waals surface area (Å²) in [5.74, 6) is -0.195. The largest absolute Gasteiger partial charge is 0.504 e. The first-order chi connectivity index (χ1) is 8.08. The number of carbonyl (C=O) groups excluding carboxylic acids is 1. The number of phenols is 1. The smallest absolute Gasteiger partial charge is 0.330 e. The number of nitrogen functional groups attached to an aromatic ring is 1. The van der Waals surface area contributed by atoms with E-state index in [1.165, 1.54) is 25.3 Å². The molecule has 0 aliphatic rings. The lowest BCUT2D eigenvalue weighted by Gasteiger charge is -2.07. The molecule has 0 heterocycles. The van der Waals surface area contributed by atoms with Crippen LogP contribution in [-0.2, 0) is 9.53 Å². The maximum Gasteiger partial charge on any atom is 0.330 e. The highest BCUT2D eigenvalue weighted by atomic mass is 16.5. The third-order valence-corrected chi connectivity index (χ3v) is 2.07. The van der Waals surface area contributed by atoms with Crippen LogP contribution >= 0.6 is 0 Å². The molecule has 0 radical (unpaired) electrons. The van der Waals surface area contributed by atoms with E-state index in [0.29, 0.717) is 23.6 Å². The van der Waals surface area contributed by atoms with Crippen molar-refractivity contribution in [2.75, 3.05) is 19.5 Å². The molecule has 0 aliphatic heterocycles. The number of benzene rings is 1. The van der Waals surface area contributed by atoms with E-state index in [1.807, 2.05) is 0 Å². The molecule has 0 unspecified atom stereocenters. The van der Waals surface area contributed by atoms with Gasteiger partial charge in [-0.3, -0.25) is 0 Å². The van der Waals surface area contributed by atoms with Gasteiger partial charge in [0.25, 0.3) is 0 Å². The van der Waals surface area contributed by atoms with E-state index in [0.717, 1.165) is 0 Å². The van der Waals surface area contributed by atoms with E-state index in [9.17, 15) is 9.90 Å². The number of aromatic hydroxyl groups is 1. The summed E-state index contributed by atoms with van der Waals surface area (Å²) < 4.78 is 9.68. The first-order valence-corrected chi connectivity index (χ1v) is 5.09. The normalized spacial score (nSPS) is 10.5. The molecule has 17 heavy (non-hydrogen) atoms. The number of hydrogen-bond acceptors (Lipinski definition) is 5. The van der Waals surface area contributed by atoms with Crippen molar-refractivity contribution >= 4 is 17.7 Å². The number of methoxy groups -OCH3 is 1. The number of hydrogen-bond donors (Lipinski definition) is 2. The predicted molar refractivity (Wildman–Crippen MR) is 64.7 cm³/mol. The highest BCUT2D eigenvalue weighted by Gasteiger charge is 2.06. The van der Waals surface area contributed by atoms with Gasteiger partial charge in [0.05, 0.1) is 13.7 Å². The van der Waals surface area contributed by atoms with Crippen molar-refractivity contribution in [3.8, 4) is 11.5 Å². The molecule has 0 bridgehead atoms. The molecule has 0 aromatic heterocycles. The van der Waals surface area contributed by atoms with E-state index >= 15 is 0 Å². The third-order valence-electron chi connectivity index (χ3n) is 2.07. The van der Waals surface area contributed by atoms with E-state index in [-0.39, 0.29) is 5.75 Å². The van der Waals surface area contributed by atoms with Gasteiger partial charge in [0.2, 0.25) is 0 Å². The molecule has 5 heteroatoms. The highest BCUT2D eigenvalue weighted by Crippen LogP contribution is 2.31. The molecule has 3 N–H and O–H groups in total. The van der Waals surface area contributed by atoms with Crippen molar-refractivity contribution in [1.29, 1.82) is 0 Å². The molecule has 0 atom stereocenters. The van der Waals surface area contributed by atoms with Crippen molar-refractivity contribution in [2.24, 2.45) is 0 Å². The van der Waals surface area contributed by atoms with Crippen LogP contribution in [0, 0.1) is 0 Å². The van der Waals surface area contributed by atoms with Crippen molar-refractivity contribution in [3.63, 3.8) is 0 Å². The van der Waals surface area contributed by atoms with Crippen LogP contribution in [0.5, 0.6) is 11.5 Å². The predicted octanol–water partition coefficient (Wildman–Crippen LogP) is 1.56. The molecule has 0 saturated carbocycles. The van der Waals surface area contributed by atoms with Crippen LogP contribution in [0.2, 0.25) is 0 Å². The van der Waals surface area contributed by atoms with Gasteiger partial charge >= 0.3 is 5.97 Å². The van der Waals surface area contributed by atoms with Gasteiger partial charge in [0.15, 0.2) is 11.5 Å². The zero-order valence-corrected chi connectivity index (χ0v) is 9.77. The second-order valence-electron chi connectivity index (χ2n) is 3.24. The van der Waals surface area contributed by atoms with Crippen molar-refractivity contribution in [2.45, 2.75) is 6.92 Å². The molecule has 0 fully saturated rings. The quantitative estimate of drug-likeness (QED) is 0.472. The van der Waals surface area contributed by atoms with Crippen LogP contribution in [0.3, 0.4) is 0 Å². The summed E-state index contributed by atoms with van der Waals surface area (Å²) in [6.07, 6.45) is 2.78. The first-order valence-electron chi connectivity index (χ1n) is 5.09. The second-order valence-corrected chi connectivity index (χ2v) is 3.24. The Hall–Kier alpha value is -2.17. The molecular formula is C12H15NO4. The number of esters is 1. The van der Waals surface area contributed by atoms with Gasteiger partial charge in [0.1, 0.15) is 0 Å². The molecular weight excluding hydrogens is 222 g/mol. The van der Waals surface area contributed by atoms with Crippen LogP contribution in [-0.4, -0.2) is 24.8 Å². The minimum Gasteiger partial charge on any atom is -0.504 e. The maximum absolute atomic E-state index is 11.1. The third kappa shape index (κ3) is 3.41. The van der Waals surface area contributed by atoms with E-state index in [4.69, 9.17) is 15.2 Å². The van der Waals surface area contributed by atoms with Gasteiger partial charge in [-0.25, -0.2) is 4.79 Å². The Morgan fingerprint density at radius 3 is 2.82 bits per heavy atom. The number of rotatable bonds is 4. The van der Waals surface area contributed by atoms with Gasteiger partial charge in [0, 0.05) is 23.4 Å². The number of carbonyl (C=O) groups is 1. The Labute approximate surface area is 99.5 Å². The SMILES string of the molecule is CCOC(=O)/C=C/c1cc(OC)c(O)cc1N. The van der Waals surface area contributed by atoms with Crippen LogP contribution in [0.15, 0.2) is 18.2 Å². The molecule has 0 spiro atoms. The summed E-state index contributed by atoms with van der Waals surface area (Å²) in [5.41, 5.74) is 6.61. The van der Waals surface area contributed by atoms with Crippen LogP contribution in [0.1, 0.15) is 12.5 Å². The number of ether oxygens (including phenoxy) is 2. The monoisotopic (exact) mass is 237 g/mol. The zero-order chi connectivity index (χ0) is 12.8. The molecule has 1 aromatic carbocycles. The molecule has 1 rings (SSSR count). The molecule has 5 nitrogen and oxygen atoms in total. The Morgan fingerprint density at radius 1 is 1.53 bits per heavy atom. The van der Waals surface area contributed by atoms with Gasteiger partial charge in [-0.05, 0) is 19.1 Å². The standard InChI is InChI=1S/C12H15NO4/c1-3-17-12(15)5-4-8-6-11(16-2)10(14)7-9(8)13/h4-7,14H,3,13H2,1-2H3/b5-4+. The second kappa shape index (κ2) is 5.79. The fourth-order valence-electron chi connectivity index (χ4n) is 1.26. The van der Waals surface area contributed by atoms with Gasteiger partial charge in [-0.15, -0.1) is 0 Å². The minimum absolute atomic E-state index is 0.0433. The maximum atomic E-state index is 11.1. The molecule has 0 aliphatic carbocycles. The topological polar surface area (TPSA) is 81.8 Å². The van der Waals surface area contributed by atoms with Crippen LogP contribution in [0.25, 0.3) is 6.08 Å². The summed E-state index contributed by atoms with van der Waals surface area (Å²) in [6, 6.07) is 2.91. The Balaban J connectivity index is 2.94. The van der Waals surface area contributed by atoms with E-state index in [2.05, 4.69) is 0 Å². The van der Waals surface area contributed by atoms with E-state index < -0.39 is 5.97 Å². The zero-order valence-electron chi connectivity index (χ0n) is 9.77. The molecule has 0 saturated heterocycles. The lowest BCUT2D eigenvalue weighted by molar-refractivity contribution is -0.137. The average Bonchev–Trinajstić information content (AvgIpc) is 2.28. The van der Waals surface area contributed by atoms with Gasteiger partial charge < -0.3 is 20.3 Å². The lowest BCUT2D eigenvalue weighted by Crippen LogP contribution is -1.99. The molecule has 1 aromatic rings. The van der Waals surface area contributed by atoms with E-state index in [1.54, 1.807) is 13.0 Å². The summed E-state index contributed by atoms with van der Waals surface area (Å²) in [6.45, 7) is 2.04. The highest BCUT2D eigenvalue weighted by molar-refractivity contribution is 5.88. The minimum atomic E-state index is -0.445. The lowest BCUT2D eigenvalue weighted by atomic mass is 10.1. The number of anilines is 1. The average molecular weight is 237 g/mol. The summed E-state index contributed by atoms with van der Waals surface area (Å²) >= 11 is 0. The van der Waals surface area contributed by atoms with Crippen LogP contribution < -0.4 is 10.5 Å². The summed E-state index contributed by atoms with van der Waals surface area (Å²) in [5, 5.41) is 9.46. The van der Waals surface area contributed by atoms with Crippen molar-refractivity contribution in [1.82, 2.24) is 0 Å². The Morgan fingerprint density at radius 2 is 2.24 bits per heavy atom. The van der Waals surface area contributed by atoms with Gasteiger partial charge in [-0.1, -0.05) is 0 Å². The fourth-order valence-corrected chi connectivity index (χ4v) is 1.26. The fraction of sp³-hybridized carbons (Fsp3) is 0.250. The summed E-state index contributed by atoms with van der Waals surface area (Å²) in [7, 11) is 1.43. The Bertz CT molecular complexity index is 440. The number of phenolic OH excluding ortho intramolecular Hbond substituents is 1. The van der Waals surface area contributed by atoms with Crippen LogP contribution in [0.4, 0.5) is 5.69 Å². The van der Waals surface area contributed by atoms with Crippen molar-refractivity contribution in [3.05, 3.63) is 23.8 Å². The molecule has 92 valence electrons. The first kappa shape index (κ1) is 12.9. The summed E-state index contributed by atoms with van der Waals surface area (Å²) in [4.78, 5) is 11.1.